The predicted octanol–water partition coefficient (Wildman–Crippen LogP) is 3.97. The highest BCUT2D eigenvalue weighted by Crippen LogP contribution is 2.22. The van der Waals surface area contributed by atoms with Gasteiger partial charge in [0.2, 0.25) is 0 Å². The maximum absolute atomic E-state index is 11.9. The zero-order chi connectivity index (χ0) is 13.7. The molecule has 0 atom stereocenters. The van der Waals surface area contributed by atoms with Crippen LogP contribution in [0.15, 0.2) is 48.5 Å². The molecule has 0 unspecified atom stereocenters. The number of phenols is 1. The van der Waals surface area contributed by atoms with E-state index in [1.54, 1.807) is 12.1 Å². The Bertz CT molecular complexity index is 559. The van der Waals surface area contributed by atoms with E-state index in [0.717, 1.165) is 18.4 Å². The van der Waals surface area contributed by atoms with E-state index in [2.05, 4.69) is 12.1 Å². The summed E-state index contributed by atoms with van der Waals surface area (Å²) in [6, 6.07) is 15.4. The van der Waals surface area contributed by atoms with Crippen LogP contribution in [0.4, 0.5) is 0 Å². The van der Waals surface area contributed by atoms with Crippen molar-refractivity contribution in [2.45, 2.75) is 26.2 Å². The Balaban J connectivity index is 2.23. The number of carbonyl (C=O) groups excluding carboxylic acids is 1. The molecule has 0 radical (unpaired) electrons. The zero-order valence-corrected chi connectivity index (χ0v) is 11.1. The molecule has 0 heterocycles. The second kappa shape index (κ2) is 6.19. The van der Waals surface area contributed by atoms with Gasteiger partial charge in [0.15, 0.2) is 5.78 Å². The molecule has 98 valence electrons. The molecule has 0 amide bonds. The van der Waals surface area contributed by atoms with Gasteiger partial charge in [-0.3, -0.25) is 4.79 Å². The van der Waals surface area contributed by atoms with Crippen LogP contribution in [0.25, 0.3) is 0 Å². The third-order valence-electron chi connectivity index (χ3n) is 3.09. The Morgan fingerprint density at radius 3 is 2.47 bits per heavy atom. The molecule has 2 aromatic carbocycles. The highest BCUT2D eigenvalue weighted by atomic mass is 16.3. The predicted molar refractivity (Wildman–Crippen MR) is 76.6 cm³/mol. The van der Waals surface area contributed by atoms with Gasteiger partial charge >= 0.3 is 0 Å². The van der Waals surface area contributed by atoms with Gasteiger partial charge in [0.25, 0.3) is 0 Å². The molecule has 0 saturated heterocycles. The van der Waals surface area contributed by atoms with Crippen molar-refractivity contribution in [3.05, 3.63) is 65.2 Å². The fraction of sp³-hybridized carbons (Fsp3) is 0.235. The first-order chi connectivity index (χ1) is 9.20. The average molecular weight is 254 g/mol. The minimum Gasteiger partial charge on any atom is -0.507 e. The largest absolute Gasteiger partial charge is 0.507 e. The van der Waals surface area contributed by atoms with Crippen LogP contribution in [0.3, 0.4) is 0 Å². The topological polar surface area (TPSA) is 37.3 Å². The van der Waals surface area contributed by atoms with Crippen LogP contribution in [-0.4, -0.2) is 10.9 Å². The van der Waals surface area contributed by atoms with E-state index in [1.807, 2.05) is 31.2 Å². The number of carbonyl (C=O) groups is 1. The van der Waals surface area contributed by atoms with Crippen molar-refractivity contribution in [2.24, 2.45) is 0 Å². The van der Waals surface area contributed by atoms with Crippen LogP contribution in [0.1, 0.15) is 41.3 Å². The van der Waals surface area contributed by atoms with E-state index in [4.69, 9.17) is 0 Å². The fourth-order valence-corrected chi connectivity index (χ4v) is 2.11. The van der Waals surface area contributed by atoms with Gasteiger partial charge in [0, 0.05) is 6.42 Å². The smallest absolute Gasteiger partial charge is 0.166 e. The Morgan fingerprint density at radius 1 is 1.05 bits per heavy atom. The molecule has 0 aliphatic rings. The number of hydrogen-bond donors (Lipinski definition) is 1. The van der Waals surface area contributed by atoms with E-state index < -0.39 is 0 Å². The number of rotatable bonds is 5. The van der Waals surface area contributed by atoms with E-state index in [-0.39, 0.29) is 11.5 Å². The third kappa shape index (κ3) is 3.44. The first-order valence-electron chi connectivity index (χ1n) is 6.59. The minimum absolute atomic E-state index is 0.00918. The Hall–Kier alpha value is -2.09. The molecular weight excluding hydrogens is 236 g/mol. The molecule has 0 bridgehead atoms. The molecule has 0 aliphatic heterocycles. The van der Waals surface area contributed by atoms with Crippen molar-refractivity contribution < 1.29 is 9.90 Å². The van der Waals surface area contributed by atoms with Gasteiger partial charge in [-0.2, -0.15) is 0 Å². The van der Waals surface area contributed by atoms with Crippen molar-refractivity contribution >= 4 is 5.78 Å². The number of Topliss-reactive ketones (excluding diaryl/α,β-unsaturated/α-hetero) is 1. The molecule has 0 aliphatic carbocycles. The van der Waals surface area contributed by atoms with Crippen LogP contribution in [0, 0.1) is 0 Å². The monoisotopic (exact) mass is 254 g/mol. The van der Waals surface area contributed by atoms with Crippen LogP contribution in [-0.2, 0) is 6.42 Å². The molecule has 0 aromatic heterocycles. The lowest BCUT2D eigenvalue weighted by Crippen LogP contribution is -2.00. The van der Waals surface area contributed by atoms with Crippen molar-refractivity contribution in [3.63, 3.8) is 0 Å². The lowest BCUT2D eigenvalue weighted by molar-refractivity contribution is 0.0979. The second-order valence-corrected chi connectivity index (χ2v) is 4.69. The SMILES string of the molecule is CCCC(=O)c1cc(Cc2ccccc2)ccc1O. The van der Waals surface area contributed by atoms with Crippen molar-refractivity contribution in [3.8, 4) is 5.75 Å². The summed E-state index contributed by atoms with van der Waals surface area (Å²) in [5, 5.41) is 9.78. The molecule has 0 saturated carbocycles. The van der Waals surface area contributed by atoms with Gasteiger partial charge in [-0.25, -0.2) is 0 Å². The summed E-state index contributed by atoms with van der Waals surface area (Å²) >= 11 is 0. The maximum atomic E-state index is 11.9. The third-order valence-corrected chi connectivity index (χ3v) is 3.09. The maximum Gasteiger partial charge on any atom is 0.166 e. The minimum atomic E-state index is 0.00918. The van der Waals surface area contributed by atoms with E-state index in [9.17, 15) is 9.90 Å². The molecular formula is C17H18O2. The van der Waals surface area contributed by atoms with Gasteiger partial charge in [0.05, 0.1) is 5.56 Å². The number of ketones is 1. The fourth-order valence-electron chi connectivity index (χ4n) is 2.11. The first-order valence-corrected chi connectivity index (χ1v) is 6.59. The van der Waals surface area contributed by atoms with E-state index in [1.165, 1.54) is 5.56 Å². The second-order valence-electron chi connectivity index (χ2n) is 4.69. The quantitative estimate of drug-likeness (QED) is 0.820. The number of benzene rings is 2. The lowest BCUT2D eigenvalue weighted by atomic mass is 9.99. The summed E-state index contributed by atoms with van der Waals surface area (Å²) in [5.41, 5.74) is 2.68. The molecule has 0 fully saturated rings. The van der Waals surface area contributed by atoms with Gasteiger partial charge < -0.3 is 5.11 Å². The summed E-state index contributed by atoms with van der Waals surface area (Å²) < 4.78 is 0. The Morgan fingerprint density at radius 2 is 1.79 bits per heavy atom. The van der Waals surface area contributed by atoms with E-state index >= 15 is 0 Å². The standard InChI is InChI=1S/C17H18O2/c1-2-6-16(18)15-12-14(9-10-17(15)19)11-13-7-4-3-5-8-13/h3-5,7-10,12,19H,2,6,11H2,1H3. The van der Waals surface area contributed by atoms with Crippen molar-refractivity contribution in [2.75, 3.05) is 0 Å². The molecule has 2 nitrogen and oxygen atoms in total. The molecule has 2 aromatic rings. The van der Waals surface area contributed by atoms with Gasteiger partial charge in [0.1, 0.15) is 5.75 Å². The van der Waals surface area contributed by atoms with Crippen LogP contribution >= 0.6 is 0 Å². The lowest BCUT2D eigenvalue weighted by Gasteiger charge is -2.07. The van der Waals surface area contributed by atoms with Gasteiger partial charge in [-0.1, -0.05) is 43.3 Å². The van der Waals surface area contributed by atoms with Crippen molar-refractivity contribution in [1.82, 2.24) is 0 Å². The molecule has 2 heteroatoms. The summed E-state index contributed by atoms with van der Waals surface area (Å²) in [7, 11) is 0. The summed E-state index contributed by atoms with van der Waals surface area (Å²) in [6.07, 6.45) is 2.04. The normalized spacial score (nSPS) is 10.4. The number of hydrogen-bond acceptors (Lipinski definition) is 2. The highest BCUT2D eigenvalue weighted by molar-refractivity contribution is 5.98. The van der Waals surface area contributed by atoms with Crippen molar-refractivity contribution in [1.29, 1.82) is 0 Å². The Kier molecular flexibility index (Phi) is 4.35. The molecule has 2 rings (SSSR count). The molecule has 0 spiro atoms. The van der Waals surface area contributed by atoms with Crippen LogP contribution in [0.5, 0.6) is 5.75 Å². The Labute approximate surface area is 113 Å². The summed E-state index contributed by atoms with van der Waals surface area (Å²) in [5.74, 6) is 0.0881. The van der Waals surface area contributed by atoms with E-state index in [0.29, 0.717) is 12.0 Å². The van der Waals surface area contributed by atoms with Crippen LogP contribution < -0.4 is 0 Å². The van der Waals surface area contributed by atoms with Crippen LogP contribution in [0.2, 0.25) is 0 Å². The van der Waals surface area contributed by atoms with Gasteiger partial charge in [-0.15, -0.1) is 0 Å². The molecule has 19 heavy (non-hydrogen) atoms. The molecule has 1 N–H and O–H groups in total. The average Bonchev–Trinajstić information content (AvgIpc) is 2.42. The zero-order valence-electron chi connectivity index (χ0n) is 11.1. The summed E-state index contributed by atoms with van der Waals surface area (Å²) in [6.45, 7) is 1.96. The van der Waals surface area contributed by atoms with Gasteiger partial charge in [-0.05, 0) is 36.1 Å². The number of phenolic OH excluding ortho intramolecular Hbond substituents is 1. The summed E-state index contributed by atoms with van der Waals surface area (Å²) in [4.78, 5) is 11.9. The first kappa shape index (κ1) is 13.3. The number of aromatic hydroxyl groups is 1. The highest BCUT2D eigenvalue weighted by Gasteiger charge is 2.11.